The highest BCUT2D eigenvalue weighted by atomic mass is 19.1. The summed E-state index contributed by atoms with van der Waals surface area (Å²) in [6, 6.07) is 16.9. The molecule has 9 heteroatoms. The SMILES string of the molecule is CCCCCC1(O)CCN(C(=O)Nc2cc(Oc3ccc(F)cc3)cc(Oc3ccc(CC(=O)O)cc3)c2)CC1. The summed E-state index contributed by atoms with van der Waals surface area (Å²) in [5.41, 5.74) is 0.349. The van der Waals surface area contributed by atoms with Gasteiger partial charge in [0.2, 0.25) is 0 Å². The van der Waals surface area contributed by atoms with Gasteiger partial charge < -0.3 is 29.9 Å². The van der Waals surface area contributed by atoms with Crippen molar-refractivity contribution in [3.05, 3.63) is 78.1 Å². The number of unbranched alkanes of at least 4 members (excludes halogenated alkanes) is 2. The molecule has 1 heterocycles. The van der Waals surface area contributed by atoms with Gasteiger partial charge in [0.1, 0.15) is 28.8 Å². The Morgan fingerprint density at radius 3 is 2.02 bits per heavy atom. The Morgan fingerprint density at radius 2 is 1.48 bits per heavy atom. The number of hydrogen-bond acceptors (Lipinski definition) is 5. The molecule has 1 aliphatic rings. The molecule has 0 saturated carbocycles. The van der Waals surface area contributed by atoms with Gasteiger partial charge >= 0.3 is 12.0 Å². The number of nitrogens with zero attached hydrogens (tertiary/aromatic N) is 1. The fourth-order valence-electron chi connectivity index (χ4n) is 4.67. The molecule has 8 nitrogen and oxygen atoms in total. The van der Waals surface area contributed by atoms with Gasteiger partial charge in [-0.25, -0.2) is 9.18 Å². The van der Waals surface area contributed by atoms with Gasteiger partial charge in [-0.1, -0.05) is 38.3 Å². The monoisotopic (exact) mass is 550 g/mol. The Balaban J connectivity index is 1.48. The molecule has 1 saturated heterocycles. The zero-order valence-electron chi connectivity index (χ0n) is 22.6. The lowest BCUT2D eigenvalue weighted by Crippen LogP contribution is -2.48. The lowest BCUT2D eigenvalue weighted by Gasteiger charge is -2.38. The number of anilines is 1. The van der Waals surface area contributed by atoms with E-state index in [0.717, 1.165) is 25.7 Å². The van der Waals surface area contributed by atoms with Crippen molar-refractivity contribution in [2.45, 2.75) is 57.5 Å². The number of carbonyl (C=O) groups is 2. The van der Waals surface area contributed by atoms with E-state index in [9.17, 15) is 19.1 Å². The number of carboxylic acids is 1. The summed E-state index contributed by atoms with van der Waals surface area (Å²) in [5.74, 6) is 0.323. The first-order valence-corrected chi connectivity index (χ1v) is 13.6. The lowest BCUT2D eigenvalue weighted by molar-refractivity contribution is -0.136. The number of halogens is 1. The summed E-state index contributed by atoms with van der Waals surface area (Å²) in [6.07, 6.45) is 4.87. The maximum absolute atomic E-state index is 13.4. The Kier molecular flexibility index (Phi) is 9.60. The molecule has 3 aromatic carbocycles. The second-order valence-corrected chi connectivity index (χ2v) is 10.2. The second kappa shape index (κ2) is 13.3. The number of benzene rings is 3. The summed E-state index contributed by atoms with van der Waals surface area (Å²) in [6.45, 7) is 3.03. The number of nitrogens with one attached hydrogen (secondary N) is 1. The first kappa shape index (κ1) is 28.9. The summed E-state index contributed by atoms with van der Waals surface area (Å²) in [7, 11) is 0. The number of amides is 2. The number of hydrogen-bond donors (Lipinski definition) is 3. The first-order valence-electron chi connectivity index (χ1n) is 13.6. The van der Waals surface area contributed by atoms with Gasteiger partial charge in [0, 0.05) is 37.0 Å². The van der Waals surface area contributed by atoms with Gasteiger partial charge in [-0.05, 0) is 61.2 Å². The average Bonchev–Trinajstić information content (AvgIpc) is 2.91. The Morgan fingerprint density at radius 1 is 0.900 bits per heavy atom. The third-order valence-corrected chi connectivity index (χ3v) is 6.92. The third kappa shape index (κ3) is 8.44. The Labute approximate surface area is 233 Å². The molecule has 0 aliphatic carbocycles. The minimum atomic E-state index is -0.922. The molecule has 3 aromatic rings. The first-order chi connectivity index (χ1) is 19.2. The number of ether oxygens (including phenoxy) is 2. The van der Waals surface area contributed by atoms with Crippen molar-refractivity contribution in [1.82, 2.24) is 4.90 Å². The molecule has 4 rings (SSSR count). The van der Waals surface area contributed by atoms with Crippen LogP contribution in [0.3, 0.4) is 0 Å². The third-order valence-electron chi connectivity index (χ3n) is 6.92. The number of carboxylic acid groups (broad SMARTS) is 1. The number of aliphatic carboxylic acids is 1. The van der Waals surface area contributed by atoms with Gasteiger partial charge in [0.15, 0.2) is 0 Å². The van der Waals surface area contributed by atoms with Crippen LogP contribution in [0.2, 0.25) is 0 Å². The predicted molar refractivity (Wildman–Crippen MR) is 150 cm³/mol. The molecular formula is C31H35FN2O6. The van der Waals surface area contributed by atoms with Crippen LogP contribution in [0.4, 0.5) is 14.9 Å². The number of urea groups is 1. The molecule has 212 valence electrons. The highest BCUT2D eigenvalue weighted by molar-refractivity contribution is 5.90. The van der Waals surface area contributed by atoms with Crippen LogP contribution in [0.25, 0.3) is 0 Å². The van der Waals surface area contributed by atoms with Crippen molar-refractivity contribution in [2.24, 2.45) is 0 Å². The van der Waals surface area contributed by atoms with Gasteiger partial charge in [0.05, 0.1) is 12.0 Å². The van der Waals surface area contributed by atoms with Crippen LogP contribution in [-0.2, 0) is 11.2 Å². The van der Waals surface area contributed by atoms with Crippen molar-refractivity contribution < 1.29 is 33.7 Å². The van der Waals surface area contributed by atoms with E-state index in [4.69, 9.17) is 14.6 Å². The smallest absolute Gasteiger partial charge is 0.321 e. The van der Waals surface area contributed by atoms with Crippen LogP contribution in [-0.4, -0.2) is 45.8 Å². The van der Waals surface area contributed by atoms with Crippen molar-refractivity contribution in [3.63, 3.8) is 0 Å². The zero-order valence-corrected chi connectivity index (χ0v) is 22.6. The standard InChI is InChI=1S/C31H35FN2O6/c1-2-3-4-13-31(38)14-16-34(17-15-31)30(37)33-24-19-27(39-25-9-5-22(6-10-25)18-29(35)36)21-28(20-24)40-26-11-7-23(32)8-12-26/h5-12,19-21,38H,2-4,13-18H2,1H3,(H,33,37)(H,35,36). The summed E-state index contributed by atoms with van der Waals surface area (Å²) >= 11 is 0. The topological polar surface area (TPSA) is 108 Å². The van der Waals surface area contributed by atoms with E-state index in [1.807, 2.05) is 0 Å². The number of rotatable bonds is 11. The van der Waals surface area contributed by atoms with Crippen molar-refractivity contribution in [1.29, 1.82) is 0 Å². The quantitative estimate of drug-likeness (QED) is 0.222. The van der Waals surface area contributed by atoms with Crippen LogP contribution >= 0.6 is 0 Å². The van der Waals surface area contributed by atoms with Gasteiger partial charge in [-0.15, -0.1) is 0 Å². The van der Waals surface area contributed by atoms with Crippen LogP contribution in [0.15, 0.2) is 66.7 Å². The van der Waals surface area contributed by atoms with Crippen molar-refractivity contribution in [2.75, 3.05) is 18.4 Å². The number of piperidine rings is 1. The average molecular weight is 551 g/mol. The molecule has 2 amide bonds. The van der Waals surface area contributed by atoms with Gasteiger partial charge in [0.25, 0.3) is 0 Å². The summed E-state index contributed by atoms with van der Waals surface area (Å²) < 4.78 is 25.3. The fraction of sp³-hybridized carbons (Fsp3) is 0.355. The lowest BCUT2D eigenvalue weighted by atomic mass is 9.86. The van der Waals surface area contributed by atoms with Crippen LogP contribution in [0.5, 0.6) is 23.0 Å². The largest absolute Gasteiger partial charge is 0.481 e. The van der Waals surface area contributed by atoms with E-state index < -0.39 is 11.6 Å². The van der Waals surface area contributed by atoms with Crippen LogP contribution in [0.1, 0.15) is 51.0 Å². The van der Waals surface area contributed by atoms with Gasteiger partial charge in [-0.2, -0.15) is 0 Å². The normalized spacial score (nSPS) is 14.4. The summed E-state index contributed by atoms with van der Waals surface area (Å²) in [4.78, 5) is 25.7. The molecule has 1 fully saturated rings. The molecule has 0 unspecified atom stereocenters. The van der Waals surface area contributed by atoms with Crippen molar-refractivity contribution >= 4 is 17.7 Å². The molecule has 40 heavy (non-hydrogen) atoms. The van der Waals surface area contributed by atoms with E-state index in [1.165, 1.54) is 24.3 Å². The highest BCUT2D eigenvalue weighted by Gasteiger charge is 2.33. The van der Waals surface area contributed by atoms with E-state index >= 15 is 0 Å². The van der Waals surface area contributed by atoms with E-state index in [2.05, 4.69) is 12.2 Å². The van der Waals surface area contributed by atoms with E-state index in [0.29, 0.717) is 60.2 Å². The number of aliphatic hydroxyl groups is 1. The predicted octanol–water partition coefficient (Wildman–Crippen LogP) is 6.98. The minimum absolute atomic E-state index is 0.0932. The zero-order chi connectivity index (χ0) is 28.5. The van der Waals surface area contributed by atoms with E-state index in [1.54, 1.807) is 47.4 Å². The maximum Gasteiger partial charge on any atom is 0.321 e. The van der Waals surface area contributed by atoms with Crippen molar-refractivity contribution in [3.8, 4) is 23.0 Å². The van der Waals surface area contributed by atoms with Crippen LogP contribution < -0.4 is 14.8 Å². The fourth-order valence-corrected chi connectivity index (χ4v) is 4.67. The molecule has 3 N–H and O–H groups in total. The molecular weight excluding hydrogens is 515 g/mol. The second-order valence-electron chi connectivity index (χ2n) is 10.2. The Hall–Kier alpha value is -4.11. The number of likely N-dealkylation sites (tertiary alicyclic amines) is 1. The molecule has 0 radical (unpaired) electrons. The molecule has 0 spiro atoms. The maximum atomic E-state index is 13.4. The molecule has 1 aliphatic heterocycles. The van der Waals surface area contributed by atoms with E-state index in [-0.39, 0.29) is 18.3 Å². The molecule has 0 aromatic heterocycles. The number of carbonyl (C=O) groups excluding carboxylic acids is 1. The molecule has 0 bridgehead atoms. The Bertz CT molecular complexity index is 1290. The minimum Gasteiger partial charge on any atom is -0.481 e. The summed E-state index contributed by atoms with van der Waals surface area (Å²) in [5, 5.41) is 22.8. The van der Waals surface area contributed by atoms with Crippen LogP contribution in [0, 0.1) is 5.82 Å². The highest BCUT2D eigenvalue weighted by Crippen LogP contribution is 2.33. The van der Waals surface area contributed by atoms with Gasteiger partial charge in [-0.3, -0.25) is 4.79 Å². The molecule has 0 atom stereocenters.